The fourth-order valence-electron chi connectivity index (χ4n) is 1.82. The second-order valence-electron chi connectivity index (χ2n) is 5.10. The molecule has 146 valence electrons. The van der Waals surface area contributed by atoms with Gasteiger partial charge in [0, 0.05) is 0 Å². The molecule has 2 rings (SSSR count). The average molecular weight is 420 g/mol. The van der Waals surface area contributed by atoms with Crippen molar-refractivity contribution in [2.24, 2.45) is 15.3 Å². The van der Waals surface area contributed by atoms with Crippen LogP contribution in [0.3, 0.4) is 0 Å². The SMILES string of the molecule is N#CC(N=Nc1ccc(C(F)(F)F)cc1)=NNc1ccc(Cl)c(C(F)(F)F)c1. The van der Waals surface area contributed by atoms with E-state index >= 15 is 0 Å². The lowest BCUT2D eigenvalue weighted by molar-refractivity contribution is -0.138. The van der Waals surface area contributed by atoms with E-state index in [1.165, 1.54) is 12.1 Å². The number of hydrogen-bond donors (Lipinski definition) is 1. The Balaban J connectivity index is 2.15. The summed E-state index contributed by atoms with van der Waals surface area (Å²) in [7, 11) is 0. The van der Waals surface area contributed by atoms with E-state index in [4.69, 9.17) is 16.9 Å². The Kier molecular flexibility index (Phi) is 6.25. The molecule has 0 atom stereocenters. The van der Waals surface area contributed by atoms with E-state index in [1.54, 1.807) is 0 Å². The summed E-state index contributed by atoms with van der Waals surface area (Å²) < 4.78 is 75.8. The lowest BCUT2D eigenvalue weighted by Gasteiger charge is -2.10. The first-order chi connectivity index (χ1) is 13.0. The van der Waals surface area contributed by atoms with Crippen LogP contribution in [-0.4, -0.2) is 5.84 Å². The smallest absolute Gasteiger partial charge is 0.276 e. The zero-order valence-corrected chi connectivity index (χ0v) is 14.2. The predicted octanol–water partition coefficient (Wildman–Crippen LogP) is 6.41. The van der Waals surface area contributed by atoms with E-state index in [0.29, 0.717) is 6.07 Å². The molecule has 0 saturated heterocycles. The zero-order valence-electron chi connectivity index (χ0n) is 13.5. The molecule has 0 saturated carbocycles. The summed E-state index contributed by atoms with van der Waals surface area (Å²) in [6.45, 7) is 0. The molecular formula is C16H8ClF6N5. The molecule has 0 radical (unpaired) electrons. The number of benzene rings is 2. The van der Waals surface area contributed by atoms with E-state index in [-0.39, 0.29) is 11.4 Å². The molecule has 0 aromatic heterocycles. The van der Waals surface area contributed by atoms with Crippen molar-refractivity contribution in [2.75, 3.05) is 5.43 Å². The van der Waals surface area contributed by atoms with Gasteiger partial charge in [-0.2, -0.15) is 31.6 Å². The second kappa shape index (κ2) is 8.26. The summed E-state index contributed by atoms with van der Waals surface area (Å²) in [5, 5.41) is 18.9. The molecule has 1 N–H and O–H groups in total. The molecule has 0 unspecified atom stereocenters. The van der Waals surface area contributed by atoms with Crippen LogP contribution in [0.15, 0.2) is 57.8 Å². The summed E-state index contributed by atoms with van der Waals surface area (Å²) in [5.74, 6) is -0.566. The van der Waals surface area contributed by atoms with E-state index < -0.39 is 34.3 Å². The summed E-state index contributed by atoms with van der Waals surface area (Å²) in [6.07, 6.45) is -9.19. The average Bonchev–Trinajstić information content (AvgIpc) is 2.61. The number of anilines is 1. The quantitative estimate of drug-likeness (QED) is 0.205. The Labute approximate surface area is 158 Å². The largest absolute Gasteiger partial charge is 0.417 e. The number of hydrogen-bond acceptors (Lipinski definition) is 4. The highest BCUT2D eigenvalue weighted by Gasteiger charge is 2.33. The number of amidine groups is 1. The molecule has 0 fully saturated rings. The van der Waals surface area contributed by atoms with Crippen molar-refractivity contribution in [3.05, 3.63) is 58.6 Å². The van der Waals surface area contributed by atoms with E-state index in [2.05, 4.69) is 20.8 Å². The Bertz CT molecular complexity index is 942. The number of alkyl halides is 6. The first-order valence-corrected chi connectivity index (χ1v) is 7.58. The molecule has 0 amide bonds. The molecule has 5 nitrogen and oxygen atoms in total. The topological polar surface area (TPSA) is 72.9 Å². The number of nitrogens with zero attached hydrogens (tertiary/aromatic N) is 4. The van der Waals surface area contributed by atoms with Crippen LogP contribution in [0.5, 0.6) is 0 Å². The first kappa shape index (κ1) is 21.2. The standard InChI is InChI=1S/C16H8ClF6N5/c17-13-6-5-11(7-12(13)16(21,22)23)26-28-14(8-24)27-25-10-3-1-9(2-4-10)15(18,19)20/h1-7,26H. The number of rotatable bonds is 3. The summed E-state index contributed by atoms with van der Waals surface area (Å²) in [4.78, 5) is 0. The third-order valence-electron chi connectivity index (χ3n) is 3.12. The molecule has 2 aromatic carbocycles. The van der Waals surface area contributed by atoms with Crippen molar-refractivity contribution in [2.45, 2.75) is 12.4 Å². The first-order valence-electron chi connectivity index (χ1n) is 7.20. The third kappa shape index (κ3) is 5.68. The minimum Gasteiger partial charge on any atom is -0.276 e. The van der Waals surface area contributed by atoms with Crippen LogP contribution in [0.4, 0.5) is 37.7 Å². The van der Waals surface area contributed by atoms with Crippen LogP contribution in [0.25, 0.3) is 0 Å². The Morgan fingerprint density at radius 1 is 0.964 bits per heavy atom. The van der Waals surface area contributed by atoms with Crippen LogP contribution >= 0.6 is 11.6 Å². The molecule has 28 heavy (non-hydrogen) atoms. The van der Waals surface area contributed by atoms with Gasteiger partial charge in [-0.15, -0.1) is 15.3 Å². The van der Waals surface area contributed by atoms with Gasteiger partial charge < -0.3 is 0 Å². The van der Waals surface area contributed by atoms with Crippen LogP contribution in [0.1, 0.15) is 11.1 Å². The van der Waals surface area contributed by atoms with Crippen LogP contribution in [-0.2, 0) is 12.4 Å². The van der Waals surface area contributed by atoms with E-state index in [0.717, 1.165) is 30.3 Å². The van der Waals surface area contributed by atoms with Crippen LogP contribution in [0.2, 0.25) is 5.02 Å². The van der Waals surface area contributed by atoms with Crippen LogP contribution in [0, 0.1) is 11.3 Å². The molecule has 0 aliphatic heterocycles. The Hall–Kier alpha value is -3.13. The molecule has 0 heterocycles. The zero-order chi connectivity index (χ0) is 20.9. The fraction of sp³-hybridized carbons (Fsp3) is 0.125. The molecule has 0 aliphatic rings. The van der Waals surface area contributed by atoms with Gasteiger partial charge >= 0.3 is 12.4 Å². The Morgan fingerprint density at radius 2 is 1.61 bits per heavy atom. The van der Waals surface area contributed by atoms with Crippen molar-refractivity contribution >= 4 is 28.8 Å². The van der Waals surface area contributed by atoms with Gasteiger partial charge in [-0.3, -0.25) is 5.43 Å². The van der Waals surface area contributed by atoms with Gasteiger partial charge in [0.2, 0.25) is 0 Å². The van der Waals surface area contributed by atoms with Crippen molar-refractivity contribution in [3.8, 4) is 6.07 Å². The summed E-state index contributed by atoms with van der Waals surface area (Å²) in [5.41, 5.74) is 0.122. The van der Waals surface area contributed by atoms with Gasteiger partial charge in [-0.05, 0) is 42.5 Å². The van der Waals surface area contributed by atoms with Gasteiger partial charge in [0.15, 0.2) is 0 Å². The third-order valence-corrected chi connectivity index (χ3v) is 3.45. The van der Waals surface area contributed by atoms with E-state index in [9.17, 15) is 26.3 Å². The number of nitrogens with one attached hydrogen (secondary N) is 1. The van der Waals surface area contributed by atoms with E-state index in [1.807, 2.05) is 0 Å². The van der Waals surface area contributed by atoms with Crippen molar-refractivity contribution in [1.82, 2.24) is 0 Å². The monoisotopic (exact) mass is 419 g/mol. The minimum absolute atomic E-state index is 0.0156. The maximum atomic E-state index is 12.8. The second-order valence-corrected chi connectivity index (χ2v) is 5.50. The highest BCUT2D eigenvalue weighted by atomic mass is 35.5. The number of halogens is 7. The van der Waals surface area contributed by atoms with Gasteiger partial charge in [-0.25, -0.2) is 0 Å². The number of nitriles is 1. The van der Waals surface area contributed by atoms with Crippen molar-refractivity contribution < 1.29 is 26.3 Å². The lowest BCUT2D eigenvalue weighted by atomic mass is 10.2. The van der Waals surface area contributed by atoms with Crippen LogP contribution < -0.4 is 5.43 Å². The molecule has 0 bridgehead atoms. The highest BCUT2D eigenvalue weighted by Crippen LogP contribution is 2.36. The van der Waals surface area contributed by atoms with Gasteiger partial charge in [0.05, 0.1) is 27.5 Å². The molecule has 2 aromatic rings. The molecular weight excluding hydrogens is 412 g/mol. The Morgan fingerprint density at radius 3 is 2.14 bits per heavy atom. The normalized spacial score (nSPS) is 12.9. The summed E-state index contributed by atoms with van der Waals surface area (Å²) in [6, 6.07) is 8.04. The fourth-order valence-corrected chi connectivity index (χ4v) is 2.05. The number of azo groups is 1. The highest BCUT2D eigenvalue weighted by molar-refractivity contribution is 6.31. The minimum atomic E-state index is -4.68. The van der Waals surface area contributed by atoms with Gasteiger partial charge in [0.25, 0.3) is 5.84 Å². The summed E-state index contributed by atoms with van der Waals surface area (Å²) >= 11 is 5.49. The maximum Gasteiger partial charge on any atom is 0.417 e. The van der Waals surface area contributed by atoms with Gasteiger partial charge in [-0.1, -0.05) is 11.6 Å². The predicted molar refractivity (Wildman–Crippen MR) is 89.1 cm³/mol. The van der Waals surface area contributed by atoms with Gasteiger partial charge in [0.1, 0.15) is 6.07 Å². The number of hydrazone groups is 1. The molecule has 12 heteroatoms. The van der Waals surface area contributed by atoms with Crippen molar-refractivity contribution in [3.63, 3.8) is 0 Å². The molecule has 0 aliphatic carbocycles. The lowest BCUT2D eigenvalue weighted by Crippen LogP contribution is -2.06. The van der Waals surface area contributed by atoms with Crippen molar-refractivity contribution in [1.29, 1.82) is 5.26 Å². The molecule has 0 spiro atoms. The maximum absolute atomic E-state index is 12.8.